The van der Waals surface area contributed by atoms with Crippen LogP contribution in [0.3, 0.4) is 0 Å². The second-order valence-electron chi connectivity index (χ2n) is 15.0. The number of fused-ring (bicyclic) bond motifs is 2. The number of benzene rings is 1. The van der Waals surface area contributed by atoms with E-state index < -0.39 is 0 Å². The number of thiophene rings is 2. The third-order valence-corrected chi connectivity index (χ3v) is 12.5. The number of hydrogen-bond acceptors (Lipinski definition) is 4. The Balaban J connectivity index is 1.77. The van der Waals surface area contributed by atoms with Crippen LogP contribution in [0.4, 0.5) is 0 Å². The van der Waals surface area contributed by atoms with Crippen molar-refractivity contribution in [1.82, 2.24) is 0 Å². The summed E-state index contributed by atoms with van der Waals surface area (Å²) in [6.45, 7) is 15.4. The van der Waals surface area contributed by atoms with Crippen LogP contribution in [0.1, 0.15) is 192 Å². The van der Waals surface area contributed by atoms with Gasteiger partial charge in [-0.25, -0.2) is 0 Å². The monoisotopic (exact) mass is 699 g/mol. The van der Waals surface area contributed by atoms with Crippen LogP contribution in [0.2, 0.25) is 0 Å². The molecule has 48 heavy (non-hydrogen) atoms. The van der Waals surface area contributed by atoms with Crippen LogP contribution >= 0.6 is 22.7 Å². The van der Waals surface area contributed by atoms with Crippen molar-refractivity contribution in [3.05, 3.63) is 21.9 Å². The van der Waals surface area contributed by atoms with Gasteiger partial charge >= 0.3 is 0 Å². The smallest absolute Gasteiger partial charge is 0.146 e. The van der Waals surface area contributed by atoms with Crippen molar-refractivity contribution in [1.29, 1.82) is 0 Å². The van der Waals surface area contributed by atoms with Gasteiger partial charge in [-0.3, -0.25) is 0 Å². The van der Waals surface area contributed by atoms with Crippen LogP contribution in [-0.4, -0.2) is 13.2 Å². The molecule has 2 heterocycles. The summed E-state index contributed by atoms with van der Waals surface area (Å²) in [5, 5.41) is 2.56. The van der Waals surface area contributed by atoms with Gasteiger partial charge < -0.3 is 9.47 Å². The van der Waals surface area contributed by atoms with Crippen molar-refractivity contribution in [2.75, 3.05) is 13.2 Å². The normalized spacial score (nSPS) is 13.1. The maximum atomic E-state index is 6.99. The fraction of sp³-hybridized carbons (Fsp3) is 0.773. The van der Waals surface area contributed by atoms with E-state index in [0.29, 0.717) is 11.8 Å². The zero-order chi connectivity index (χ0) is 34.4. The fourth-order valence-corrected chi connectivity index (χ4v) is 9.45. The average Bonchev–Trinajstić information content (AvgIpc) is 3.66. The Morgan fingerprint density at radius 3 is 1.06 bits per heavy atom. The van der Waals surface area contributed by atoms with E-state index in [2.05, 4.69) is 53.7 Å². The van der Waals surface area contributed by atoms with E-state index in [-0.39, 0.29) is 0 Å². The van der Waals surface area contributed by atoms with E-state index >= 15 is 0 Å². The van der Waals surface area contributed by atoms with Gasteiger partial charge in [-0.1, -0.05) is 156 Å². The van der Waals surface area contributed by atoms with E-state index in [1.165, 1.54) is 184 Å². The minimum atomic E-state index is 0.644. The zero-order valence-electron chi connectivity index (χ0n) is 32.3. The molecule has 2 unspecified atom stereocenters. The molecule has 0 radical (unpaired) electrons. The molecule has 2 aromatic heterocycles. The van der Waals surface area contributed by atoms with E-state index in [1.807, 2.05) is 22.7 Å². The molecule has 0 N–H and O–H groups in total. The van der Waals surface area contributed by atoms with Crippen LogP contribution in [0, 0.1) is 25.7 Å². The summed E-state index contributed by atoms with van der Waals surface area (Å²) in [5.74, 6) is 3.54. The Kier molecular flexibility index (Phi) is 21.3. The molecule has 0 aliphatic heterocycles. The molecule has 2 atom stereocenters. The highest BCUT2D eigenvalue weighted by molar-refractivity contribution is 7.21. The maximum Gasteiger partial charge on any atom is 0.146 e. The quantitative estimate of drug-likeness (QED) is 0.0645. The van der Waals surface area contributed by atoms with Crippen LogP contribution in [0.15, 0.2) is 12.1 Å². The summed E-state index contributed by atoms with van der Waals surface area (Å²) in [6.07, 6.45) is 32.3. The second kappa shape index (κ2) is 24.8. The predicted molar refractivity (Wildman–Crippen MR) is 218 cm³/mol. The first kappa shape index (κ1) is 41.2. The summed E-state index contributed by atoms with van der Waals surface area (Å²) in [6, 6.07) is 4.75. The largest absolute Gasteiger partial charge is 0.491 e. The molecule has 0 bridgehead atoms. The lowest BCUT2D eigenvalue weighted by molar-refractivity contribution is 0.226. The fourth-order valence-electron chi connectivity index (χ4n) is 7.40. The van der Waals surface area contributed by atoms with Crippen LogP contribution in [-0.2, 0) is 0 Å². The predicted octanol–water partition coefficient (Wildman–Crippen LogP) is 16.2. The van der Waals surface area contributed by atoms with Gasteiger partial charge in [0, 0.05) is 20.5 Å². The van der Waals surface area contributed by atoms with Gasteiger partial charge in [-0.15, -0.1) is 22.7 Å². The Bertz CT molecular complexity index is 1090. The molecule has 0 saturated carbocycles. The molecule has 4 heteroatoms. The highest BCUT2D eigenvalue weighted by atomic mass is 32.1. The lowest BCUT2D eigenvalue weighted by Crippen LogP contribution is -2.14. The van der Waals surface area contributed by atoms with Crippen LogP contribution in [0.5, 0.6) is 11.5 Å². The lowest BCUT2D eigenvalue weighted by Gasteiger charge is -2.21. The number of ether oxygens (including phenoxy) is 2. The standard InChI is InChI=1S/C44H74O2S2/c1-7-11-15-19-21-25-29-37(27-23-17-13-9-3)33-45-41-39-31-35(5)48-44(39)42(40-32-36(6)47-43(40)41)46-34-38(28-24-18-14-10-4)30-26-22-20-16-12-8-2/h31-32,37-38H,7-30,33-34H2,1-6H3. The number of rotatable bonds is 30. The topological polar surface area (TPSA) is 18.5 Å². The molecule has 0 aliphatic carbocycles. The molecule has 3 aromatic rings. The summed E-state index contributed by atoms with van der Waals surface area (Å²) >= 11 is 3.80. The molecule has 1 aromatic carbocycles. The molecule has 0 aliphatic rings. The van der Waals surface area contributed by atoms with Crippen LogP contribution in [0.25, 0.3) is 20.2 Å². The number of unbranched alkanes of at least 4 members (excludes halogenated alkanes) is 16. The molecule has 0 amide bonds. The molecule has 0 fully saturated rings. The van der Waals surface area contributed by atoms with Crippen molar-refractivity contribution in [3.8, 4) is 11.5 Å². The molecular formula is C44H74O2S2. The Morgan fingerprint density at radius 2 is 0.729 bits per heavy atom. The van der Waals surface area contributed by atoms with E-state index in [9.17, 15) is 0 Å². The van der Waals surface area contributed by atoms with Crippen molar-refractivity contribution < 1.29 is 9.47 Å². The SMILES string of the molecule is CCCCCCCCC(CCCCCC)COc1c2cc(C)sc2c(OCC(CCCCCC)CCCCCCCC)c2cc(C)sc12. The lowest BCUT2D eigenvalue weighted by atomic mass is 9.95. The van der Waals surface area contributed by atoms with Gasteiger partial charge in [0.2, 0.25) is 0 Å². The first-order valence-electron chi connectivity index (χ1n) is 20.7. The van der Waals surface area contributed by atoms with Gasteiger partial charge in [0.1, 0.15) is 11.5 Å². The summed E-state index contributed by atoms with van der Waals surface area (Å²) < 4.78 is 16.6. The third kappa shape index (κ3) is 14.5. The molecule has 2 nitrogen and oxygen atoms in total. The first-order chi connectivity index (χ1) is 23.5. The third-order valence-electron chi connectivity index (χ3n) is 10.4. The van der Waals surface area contributed by atoms with E-state index in [4.69, 9.17) is 9.47 Å². The van der Waals surface area contributed by atoms with Gasteiger partial charge in [-0.05, 0) is 63.5 Å². The van der Waals surface area contributed by atoms with Crippen molar-refractivity contribution in [2.24, 2.45) is 11.8 Å². The molecule has 0 spiro atoms. The number of hydrogen-bond donors (Lipinski definition) is 0. The summed E-state index contributed by atoms with van der Waals surface area (Å²) in [7, 11) is 0. The van der Waals surface area contributed by atoms with Crippen molar-refractivity contribution in [2.45, 2.75) is 196 Å². The van der Waals surface area contributed by atoms with E-state index in [1.54, 1.807) is 0 Å². The van der Waals surface area contributed by atoms with Gasteiger partial charge in [-0.2, -0.15) is 0 Å². The summed E-state index contributed by atoms with van der Waals surface area (Å²) in [5.41, 5.74) is 0. The Labute approximate surface area is 305 Å². The van der Waals surface area contributed by atoms with E-state index in [0.717, 1.165) is 24.7 Å². The van der Waals surface area contributed by atoms with Crippen molar-refractivity contribution >= 4 is 42.8 Å². The highest BCUT2D eigenvalue weighted by Crippen LogP contribution is 2.49. The minimum absolute atomic E-state index is 0.644. The van der Waals surface area contributed by atoms with Gasteiger partial charge in [0.15, 0.2) is 0 Å². The average molecular weight is 699 g/mol. The minimum Gasteiger partial charge on any atom is -0.491 e. The maximum absolute atomic E-state index is 6.99. The second-order valence-corrected chi connectivity index (χ2v) is 17.5. The molecule has 274 valence electrons. The first-order valence-corrected chi connectivity index (χ1v) is 22.4. The number of aryl methyl sites for hydroxylation is 2. The zero-order valence-corrected chi connectivity index (χ0v) is 34.0. The van der Waals surface area contributed by atoms with Gasteiger partial charge in [0.25, 0.3) is 0 Å². The molecule has 3 rings (SSSR count). The van der Waals surface area contributed by atoms with Gasteiger partial charge in [0.05, 0.1) is 22.6 Å². The molecule has 0 saturated heterocycles. The Hall–Kier alpha value is -1.26. The van der Waals surface area contributed by atoms with Crippen LogP contribution < -0.4 is 9.47 Å². The van der Waals surface area contributed by atoms with Crippen molar-refractivity contribution in [3.63, 3.8) is 0 Å². The highest BCUT2D eigenvalue weighted by Gasteiger charge is 2.23. The summed E-state index contributed by atoms with van der Waals surface area (Å²) in [4.78, 5) is 2.70. The molecular weight excluding hydrogens is 625 g/mol. The Morgan fingerprint density at radius 1 is 0.438 bits per heavy atom.